The van der Waals surface area contributed by atoms with E-state index in [-0.39, 0.29) is 5.60 Å². The molecule has 20 heavy (non-hydrogen) atoms. The van der Waals surface area contributed by atoms with Crippen molar-refractivity contribution in [3.8, 4) is 5.75 Å². The highest BCUT2D eigenvalue weighted by molar-refractivity contribution is 5.84. The number of ether oxygens (including phenoxy) is 2. The van der Waals surface area contributed by atoms with Crippen LogP contribution in [0, 0.1) is 0 Å². The molecule has 0 radical (unpaired) electrons. The summed E-state index contributed by atoms with van der Waals surface area (Å²) in [6.45, 7) is 7.44. The second kappa shape index (κ2) is 5.71. The number of hydrogen-bond acceptors (Lipinski definition) is 4. The predicted molar refractivity (Wildman–Crippen MR) is 81.0 cm³/mol. The van der Waals surface area contributed by atoms with Gasteiger partial charge in [0, 0.05) is 7.11 Å². The van der Waals surface area contributed by atoms with Crippen LogP contribution in [0.4, 0.5) is 5.95 Å². The van der Waals surface area contributed by atoms with Crippen molar-refractivity contribution in [2.45, 2.75) is 39.3 Å². The van der Waals surface area contributed by atoms with Gasteiger partial charge in [0.05, 0.1) is 24.3 Å². The van der Waals surface area contributed by atoms with Crippen molar-refractivity contribution in [1.82, 2.24) is 9.55 Å². The Balaban J connectivity index is 2.44. The highest BCUT2D eigenvalue weighted by atomic mass is 16.5. The number of benzene rings is 1. The van der Waals surface area contributed by atoms with Crippen molar-refractivity contribution < 1.29 is 9.47 Å². The first-order chi connectivity index (χ1) is 9.48. The van der Waals surface area contributed by atoms with Crippen LogP contribution in [-0.2, 0) is 11.3 Å². The number of methoxy groups -OCH3 is 1. The quantitative estimate of drug-likeness (QED) is 0.882. The fourth-order valence-electron chi connectivity index (χ4n) is 2.08. The van der Waals surface area contributed by atoms with Gasteiger partial charge in [-0.15, -0.1) is 0 Å². The van der Waals surface area contributed by atoms with Crippen molar-refractivity contribution >= 4 is 17.0 Å². The highest BCUT2D eigenvalue weighted by Crippen LogP contribution is 2.28. The minimum absolute atomic E-state index is 0.304. The highest BCUT2D eigenvalue weighted by Gasteiger charge is 2.21. The molecule has 0 saturated carbocycles. The summed E-state index contributed by atoms with van der Waals surface area (Å²) in [5, 5.41) is 0. The fraction of sp³-hybridized carbons (Fsp3) is 0.533. The molecule has 5 heteroatoms. The molecule has 2 aromatic rings. The number of fused-ring (bicyclic) bond motifs is 1. The summed E-state index contributed by atoms with van der Waals surface area (Å²) < 4.78 is 13.2. The second-order valence-electron chi connectivity index (χ2n) is 5.49. The molecule has 0 fully saturated rings. The molecule has 0 aliphatic heterocycles. The monoisotopic (exact) mass is 277 g/mol. The fourth-order valence-corrected chi connectivity index (χ4v) is 2.08. The largest absolute Gasteiger partial charge is 0.491 e. The molecule has 110 valence electrons. The third-order valence-corrected chi connectivity index (χ3v) is 3.32. The van der Waals surface area contributed by atoms with Gasteiger partial charge < -0.3 is 19.8 Å². The summed E-state index contributed by atoms with van der Waals surface area (Å²) in [4.78, 5) is 4.44. The van der Waals surface area contributed by atoms with Gasteiger partial charge in [-0.2, -0.15) is 0 Å². The maximum atomic E-state index is 6.05. The number of hydrogen-bond donors (Lipinski definition) is 1. The minimum Gasteiger partial charge on any atom is -0.491 e. The normalized spacial score (nSPS) is 12.0. The van der Waals surface area contributed by atoms with Gasteiger partial charge in [-0.25, -0.2) is 4.98 Å². The van der Waals surface area contributed by atoms with Crippen LogP contribution in [0.2, 0.25) is 0 Å². The molecule has 0 aliphatic carbocycles. The van der Waals surface area contributed by atoms with Crippen molar-refractivity contribution in [2.75, 3.05) is 19.5 Å². The summed E-state index contributed by atoms with van der Waals surface area (Å²) in [5.74, 6) is 1.27. The van der Waals surface area contributed by atoms with Crippen LogP contribution >= 0.6 is 0 Å². The Morgan fingerprint density at radius 2 is 2.10 bits per heavy atom. The van der Waals surface area contributed by atoms with Gasteiger partial charge in [-0.3, -0.25) is 0 Å². The number of nitrogen functional groups attached to an aromatic ring is 1. The maximum absolute atomic E-state index is 6.05. The van der Waals surface area contributed by atoms with Gasteiger partial charge in [-0.05, 0) is 32.4 Å². The lowest BCUT2D eigenvalue weighted by molar-refractivity contribution is 0.00947. The van der Waals surface area contributed by atoms with Gasteiger partial charge in [0.25, 0.3) is 0 Å². The van der Waals surface area contributed by atoms with E-state index >= 15 is 0 Å². The van der Waals surface area contributed by atoms with Gasteiger partial charge in [-0.1, -0.05) is 13.0 Å². The Hall–Kier alpha value is -1.75. The van der Waals surface area contributed by atoms with Crippen molar-refractivity contribution in [3.63, 3.8) is 0 Å². The minimum atomic E-state index is -0.304. The Morgan fingerprint density at radius 3 is 2.75 bits per heavy atom. The molecule has 0 spiro atoms. The number of anilines is 1. The predicted octanol–water partition coefficient (Wildman–Crippen LogP) is 2.83. The Kier molecular flexibility index (Phi) is 4.18. The molecule has 0 unspecified atom stereocenters. The van der Waals surface area contributed by atoms with Crippen molar-refractivity contribution in [2.24, 2.45) is 0 Å². The number of imidazole rings is 1. The molecule has 1 aromatic carbocycles. The van der Waals surface area contributed by atoms with Crippen LogP contribution < -0.4 is 10.5 Å². The number of aromatic nitrogens is 2. The molecule has 0 amide bonds. The van der Waals surface area contributed by atoms with Crippen LogP contribution in [0.1, 0.15) is 27.2 Å². The van der Waals surface area contributed by atoms with Crippen LogP contribution in [-0.4, -0.2) is 28.9 Å². The molecule has 2 N–H and O–H groups in total. The van der Waals surface area contributed by atoms with Crippen LogP contribution in [0.3, 0.4) is 0 Å². The molecule has 1 heterocycles. The third kappa shape index (κ3) is 2.88. The summed E-state index contributed by atoms with van der Waals surface area (Å²) in [5.41, 5.74) is 7.53. The van der Waals surface area contributed by atoms with E-state index in [1.54, 1.807) is 7.11 Å². The van der Waals surface area contributed by atoms with Crippen LogP contribution in [0.15, 0.2) is 18.2 Å². The molecule has 0 saturated heterocycles. The second-order valence-corrected chi connectivity index (χ2v) is 5.49. The number of rotatable bonds is 6. The van der Waals surface area contributed by atoms with E-state index < -0.39 is 0 Å². The first-order valence-corrected chi connectivity index (χ1v) is 6.91. The zero-order chi connectivity index (χ0) is 14.8. The molecule has 0 atom stereocenters. The Morgan fingerprint density at radius 1 is 1.35 bits per heavy atom. The number of para-hydroxylation sites is 1. The van der Waals surface area contributed by atoms with Gasteiger partial charge in [0.15, 0.2) is 0 Å². The van der Waals surface area contributed by atoms with Gasteiger partial charge in [0.2, 0.25) is 5.95 Å². The van der Waals surface area contributed by atoms with E-state index in [2.05, 4.69) is 11.9 Å². The molecule has 0 aliphatic rings. The molecule has 0 bridgehead atoms. The SMILES string of the molecule is CCCOc1cccc2c1nc(N)n2CC(C)(C)OC. The first kappa shape index (κ1) is 14.7. The van der Waals surface area contributed by atoms with Gasteiger partial charge >= 0.3 is 0 Å². The summed E-state index contributed by atoms with van der Waals surface area (Å²) in [6, 6.07) is 5.89. The lowest BCUT2D eigenvalue weighted by Gasteiger charge is -2.24. The summed E-state index contributed by atoms with van der Waals surface area (Å²) in [6.07, 6.45) is 0.962. The average molecular weight is 277 g/mol. The van der Waals surface area contributed by atoms with Crippen LogP contribution in [0.5, 0.6) is 5.75 Å². The van der Waals surface area contributed by atoms with Gasteiger partial charge in [0.1, 0.15) is 11.3 Å². The topological polar surface area (TPSA) is 62.3 Å². The van der Waals surface area contributed by atoms with Crippen molar-refractivity contribution in [1.29, 1.82) is 0 Å². The lowest BCUT2D eigenvalue weighted by Crippen LogP contribution is -2.29. The van der Waals surface area contributed by atoms with E-state index in [0.29, 0.717) is 19.1 Å². The smallest absolute Gasteiger partial charge is 0.201 e. The summed E-state index contributed by atoms with van der Waals surface area (Å²) >= 11 is 0. The maximum Gasteiger partial charge on any atom is 0.201 e. The summed E-state index contributed by atoms with van der Waals surface area (Å²) in [7, 11) is 1.70. The third-order valence-electron chi connectivity index (χ3n) is 3.32. The number of nitrogens with two attached hydrogens (primary N) is 1. The lowest BCUT2D eigenvalue weighted by atomic mass is 10.1. The van der Waals surface area contributed by atoms with E-state index in [0.717, 1.165) is 23.2 Å². The zero-order valence-electron chi connectivity index (χ0n) is 12.6. The average Bonchev–Trinajstić information content (AvgIpc) is 2.73. The first-order valence-electron chi connectivity index (χ1n) is 6.91. The molecule has 2 rings (SSSR count). The molecular weight excluding hydrogens is 254 g/mol. The van der Waals surface area contributed by atoms with E-state index in [4.69, 9.17) is 15.2 Å². The van der Waals surface area contributed by atoms with Crippen molar-refractivity contribution in [3.05, 3.63) is 18.2 Å². The molecule has 5 nitrogen and oxygen atoms in total. The van der Waals surface area contributed by atoms with Crippen LogP contribution in [0.25, 0.3) is 11.0 Å². The van der Waals surface area contributed by atoms with E-state index in [1.807, 2.05) is 36.6 Å². The Labute approximate surface area is 119 Å². The molecular formula is C15H23N3O2. The van der Waals surface area contributed by atoms with E-state index in [1.165, 1.54) is 0 Å². The molecule has 1 aromatic heterocycles. The number of nitrogens with zero attached hydrogens (tertiary/aromatic N) is 2. The zero-order valence-corrected chi connectivity index (χ0v) is 12.6. The standard InChI is InChI=1S/C15H23N3O2/c1-5-9-20-12-8-6-7-11-13(12)17-14(16)18(11)10-15(2,3)19-4/h6-8H,5,9-10H2,1-4H3,(H2,16,17). The van der Waals surface area contributed by atoms with E-state index in [9.17, 15) is 0 Å². The Bertz CT molecular complexity index is 590.